The maximum absolute atomic E-state index is 14.4. The Morgan fingerprint density at radius 2 is 1.84 bits per heavy atom. The fourth-order valence-corrected chi connectivity index (χ4v) is 8.54. The smallest absolute Gasteiger partial charge is 0.276 e. The molecule has 10 heteroatoms. The monoisotopic (exact) mass is 617 g/mol. The first-order chi connectivity index (χ1) is 20.5. The Labute approximate surface area is 254 Å². The number of halogens is 1. The molecule has 0 radical (unpaired) electrons. The third-order valence-corrected chi connectivity index (χ3v) is 10.6. The average Bonchev–Trinajstić information content (AvgIpc) is 3.63. The molecule has 0 atom stereocenters. The molecule has 2 amide bonds. The zero-order valence-corrected chi connectivity index (χ0v) is 25.7. The Morgan fingerprint density at radius 3 is 2.58 bits per heavy atom. The number of carbonyl (C=O) groups excluding carboxylic acids is 2. The number of aryl methyl sites for hydroxylation is 2. The summed E-state index contributed by atoms with van der Waals surface area (Å²) in [5.41, 5.74) is 4.30. The zero-order valence-electron chi connectivity index (χ0n) is 24.0. The van der Waals surface area contributed by atoms with E-state index in [1.165, 1.54) is 23.7 Å². The van der Waals surface area contributed by atoms with E-state index in [9.17, 15) is 22.4 Å². The van der Waals surface area contributed by atoms with Crippen LogP contribution in [0.4, 0.5) is 15.8 Å². The van der Waals surface area contributed by atoms with Gasteiger partial charge in [0.2, 0.25) is 0 Å². The lowest BCUT2D eigenvalue weighted by Crippen LogP contribution is -2.33. The molecule has 1 N–H and O–H groups in total. The van der Waals surface area contributed by atoms with Crippen molar-refractivity contribution in [1.82, 2.24) is 4.98 Å². The maximum Gasteiger partial charge on any atom is 0.276 e. The average molecular weight is 618 g/mol. The van der Waals surface area contributed by atoms with Crippen molar-refractivity contribution in [2.45, 2.75) is 39.0 Å². The van der Waals surface area contributed by atoms with Crippen LogP contribution < -0.4 is 10.2 Å². The molecule has 1 saturated carbocycles. The highest BCUT2D eigenvalue weighted by Crippen LogP contribution is 2.50. The molecule has 1 aliphatic heterocycles. The first-order valence-electron chi connectivity index (χ1n) is 14.3. The normalized spacial score (nSPS) is 15.3. The maximum atomic E-state index is 14.4. The largest absolute Gasteiger partial charge is 0.319 e. The molecule has 0 bridgehead atoms. The number of anilines is 2. The number of rotatable bonds is 8. The minimum absolute atomic E-state index is 0.166. The summed E-state index contributed by atoms with van der Waals surface area (Å²) < 4.78 is 38.1. The van der Waals surface area contributed by atoms with E-state index in [4.69, 9.17) is 0 Å². The van der Waals surface area contributed by atoms with Gasteiger partial charge >= 0.3 is 0 Å². The molecule has 0 saturated heterocycles. The summed E-state index contributed by atoms with van der Waals surface area (Å²) in [5, 5.41) is 2.73. The molecule has 2 aromatic heterocycles. The van der Waals surface area contributed by atoms with Crippen LogP contribution in [0, 0.1) is 18.2 Å². The standard InChI is InChI=1S/C33H32FN3O4S2/c1-21-7-5-10-25(34)29(21)36-31(38)28-19-22-14-18-37(27-12-4-3-9-24(27)30(22)42-28)32(39)26-11-6-8-23(35-26)13-15-33(16-17-33)20-43(2,40)41/h3-12,19H,13-18,20H2,1-2H3,(H,36,38). The van der Waals surface area contributed by atoms with Crippen molar-refractivity contribution < 1.29 is 22.4 Å². The molecule has 3 heterocycles. The minimum Gasteiger partial charge on any atom is -0.319 e. The summed E-state index contributed by atoms with van der Waals surface area (Å²) in [4.78, 5) is 34.8. The molecule has 2 aromatic carbocycles. The van der Waals surface area contributed by atoms with E-state index in [1.807, 2.05) is 42.5 Å². The Morgan fingerprint density at radius 1 is 1.07 bits per heavy atom. The van der Waals surface area contributed by atoms with Gasteiger partial charge in [-0.2, -0.15) is 0 Å². The summed E-state index contributed by atoms with van der Waals surface area (Å²) in [6.45, 7) is 2.15. The number of pyridine rings is 1. The van der Waals surface area contributed by atoms with Gasteiger partial charge in [-0.3, -0.25) is 9.59 Å². The molecule has 43 heavy (non-hydrogen) atoms. The van der Waals surface area contributed by atoms with Gasteiger partial charge in [0.25, 0.3) is 11.8 Å². The molecular formula is C33H32FN3O4S2. The van der Waals surface area contributed by atoms with Crippen LogP contribution in [0.1, 0.15) is 56.2 Å². The number of benzene rings is 2. The van der Waals surface area contributed by atoms with Crippen molar-refractivity contribution >= 4 is 44.4 Å². The van der Waals surface area contributed by atoms with Crippen molar-refractivity contribution in [2.75, 3.05) is 28.8 Å². The van der Waals surface area contributed by atoms with Crippen molar-refractivity contribution in [3.05, 3.63) is 99.9 Å². The van der Waals surface area contributed by atoms with Crippen LogP contribution in [0.15, 0.2) is 66.7 Å². The number of para-hydroxylation sites is 2. The molecule has 4 aromatic rings. The van der Waals surface area contributed by atoms with Gasteiger partial charge in [-0.25, -0.2) is 17.8 Å². The summed E-state index contributed by atoms with van der Waals surface area (Å²) in [6.07, 6.45) is 4.96. The fourth-order valence-electron chi connectivity index (χ4n) is 5.85. The van der Waals surface area contributed by atoms with Gasteiger partial charge in [0, 0.05) is 28.9 Å². The highest BCUT2D eigenvalue weighted by molar-refractivity contribution is 7.90. The van der Waals surface area contributed by atoms with Crippen molar-refractivity contribution in [2.24, 2.45) is 5.41 Å². The predicted molar refractivity (Wildman–Crippen MR) is 168 cm³/mol. The minimum atomic E-state index is -3.05. The molecular weight excluding hydrogens is 586 g/mol. The van der Waals surface area contributed by atoms with Crippen LogP contribution in [-0.4, -0.2) is 43.8 Å². The Balaban J connectivity index is 1.23. The molecule has 0 spiro atoms. The lowest BCUT2D eigenvalue weighted by atomic mass is 10.0. The van der Waals surface area contributed by atoms with E-state index >= 15 is 0 Å². The van der Waals surface area contributed by atoms with Gasteiger partial charge in [-0.05, 0) is 85.9 Å². The Kier molecular flexibility index (Phi) is 7.68. The molecule has 222 valence electrons. The highest BCUT2D eigenvalue weighted by atomic mass is 32.2. The van der Waals surface area contributed by atoms with Gasteiger partial charge in [0.1, 0.15) is 21.3 Å². The van der Waals surface area contributed by atoms with Crippen LogP contribution in [0.2, 0.25) is 0 Å². The van der Waals surface area contributed by atoms with E-state index in [1.54, 1.807) is 30.0 Å². The number of fused-ring (bicyclic) bond motifs is 3. The first-order valence-corrected chi connectivity index (χ1v) is 17.1. The third-order valence-electron chi connectivity index (χ3n) is 8.25. The molecule has 2 aliphatic rings. The number of carbonyl (C=O) groups is 2. The van der Waals surface area contributed by atoms with E-state index in [2.05, 4.69) is 10.3 Å². The fraction of sp³-hybridized carbons (Fsp3) is 0.303. The second-order valence-corrected chi connectivity index (χ2v) is 14.9. The number of nitrogens with zero attached hydrogens (tertiary/aromatic N) is 2. The summed E-state index contributed by atoms with van der Waals surface area (Å²) in [6, 6.07) is 19.6. The number of thiophene rings is 1. The predicted octanol–water partition coefficient (Wildman–Crippen LogP) is 6.47. The van der Waals surface area contributed by atoms with E-state index < -0.39 is 15.7 Å². The van der Waals surface area contributed by atoms with Crippen LogP contribution in [0.5, 0.6) is 0 Å². The van der Waals surface area contributed by atoms with Crippen molar-refractivity contribution in [1.29, 1.82) is 0 Å². The second-order valence-electron chi connectivity index (χ2n) is 11.7. The Bertz CT molecular complexity index is 1830. The number of sulfone groups is 1. The van der Waals surface area contributed by atoms with Gasteiger partial charge in [-0.1, -0.05) is 36.4 Å². The summed E-state index contributed by atoms with van der Waals surface area (Å²) in [5.74, 6) is -0.874. The van der Waals surface area contributed by atoms with Crippen LogP contribution in [0.3, 0.4) is 0 Å². The highest BCUT2D eigenvalue weighted by Gasteiger charge is 2.44. The van der Waals surface area contributed by atoms with Gasteiger partial charge in [0.05, 0.1) is 22.0 Å². The number of amides is 2. The third kappa shape index (κ3) is 6.26. The Hall–Kier alpha value is -3.89. The molecule has 0 unspecified atom stereocenters. The molecule has 7 nitrogen and oxygen atoms in total. The lowest BCUT2D eigenvalue weighted by Gasteiger charge is -2.23. The van der Waals surface area contributed by atoms with Crippen molar-refractivity contribution in [3.8, 4) is 10.4 Å². The second kappa shape index (κ2) is 11.3. The molecule has 1 fully saturated rings. The van der Waals surface area contributed by atoms with E-state index in [-0.39, 0.29) is 28.7 Å². The van der Waals surface area contributed by atoms with Crippen LogP contribution >= 0.6 is 11.3 Å². The quantitative estimate of drug-likeness (QED) is 0.245. The van der Waals surface area contributed by atoms with E-state index in [0.29, 0.717) is 35.5 Å². The van der Waals surface area contributed by atoms with E-state index in [0.717, 1.165) is 46.6 Å². The van der Waals surface area contributed by atoms with Gasteiger partial charge < -0.3 is 10.2 Å². The first kappa shape index (κ1) is 29.2. The summed E-state index contributed by atoms with van der Waals surface area (Å²) >= 11 is 1.33. The van der Waals surface area contributed by atoms with Crippen LogP contribution in [0.25, 0.3) is 10.4 Å². The van der Waals surface area contributed by atoms with Gasteiger partial charge in [-0.15, -0.1) is 11.3 Å². The lowest BCUT2D eigenvalue weighted by molar-refractivity contribution is 0.0981. The number of hydrogen-bond donors (Lipinski definition) is 1. The SMILES string of the molecule is Cc1cccc(F)c1NC(=O)c1cc2c(s1)-c1ccccc1N(C(=O)c1cccc(CCC3(CS(C)(=O)=O)CC3)n1)CC2. The zero-order chi connectivity index (χ0) is 30.4. The number of nitrogens with one attached hydrogen (secondary N) is 1. The number of aromatic nitrogens is 1. The molecule has 6 rings (SSSR count). The number of hydrogen-bond acceptors (Lipinski definition) is 6. The van der Waals surface area contributed by atoms with Crippen LogP contribution in [-0.2, 0) is 22.7 Å². The van der Waals surface area contributed by atoms with Gasteiger partial charge in [0.15, 0.2) is 0 Å². The summed E-state index contributed by atoms with van der Waals surface area (Å²) in [7, 11) is -3.05. The molecule has 1 aliphatic carbocycles. The van der Waals surface area contributed by atoms with Crippen molar-refractivity contribution in [3.63, 3.8) is 0 Å². The topological polar surface area (TPSA) is 96.4 Å².